The van der Waals surface area contributed by atoms with E-state index in [1.54, 1.807) is 31.2 Å². The Bertz CT molecular complexity index is 457. The predicted molar refractivity (Wildman–Crippen MR) is 72.5 cm³/mol. The van der Waals surface area contributed by atoms with Crippen molar-refractivity contribution < 1.29 is 9.59 Å². The lowest BCUT2D eigenvalue weighted by Gasteiger charge is -2.25. The van der Waals surface area contributed by atoms with E-state index in [0.717, 1.165) is 4.47 Å². The molecule has 0 aliphatic carbocycles. The van der Waals surface area contributed by atoms with Gasteiger partial charge in [-0.3, -0.25) is 9.59 Å². The van der Waals surface area contributed by atoms with E-state index < -0.39 is 23.4 Å². The van der Waals surface area contributed by atoms with Crippen molar-refractivity contribution in [1.82, 2.24) is 5.32 Å². The largest absolute Gasteiger partial charge is 0.368 e. The number of carbonyl (C=O) groups excluding carboxylic acids is 2. The van der Waals surface area contributed by atoms with Crippen LogP contribution in [0.4, 0.5) is 0 Å². The van der Waals surface area contributed by atoms with E-state index in [2.05, 4.69) is 21.2 Å². The van der Waals surface area contributed by atoms with Crippen LogP contribution >= 0.6 is 15.9 Å². The highest BCUT2D eigenvalue weighted by Gasteiger charge is 2.31. The van der Waals surface area contributed by atoms with Gasteiger partial charge >= 0.3 is 0 Å². The van der Waals surface area contributed by atoms with Crippen molar-refractivity contribution in [2.75, 3.05) is 0 Å². The molecule has 1 unspecified atom stereocenters. The minimum absolute atomic E-state index is 0.448. The molecule has 0 saturated heterocycles. The van der Waals surface area contributed by atoms with Crippen molar-refractivity contribution in [3.63, 3.8) is 0 Å². The molecule has 0 aromatic heterocycles. The summed E-state index contributed by atoms with van der Waals surface area (Å²) in [7, 11) is 0. The minimum Gasteiger partial charge on any atom is -0.368 e. The maximum Gasteiger partial charge on any atom is 0.245 e. The summed E-state index contributed by atoms with van der Waals surface area (Å²) in [6.45, 7) is 3.09. The van der Waals surface area contributed by atoms with Gasteiger partial charge in [-0.1, -0.05) is 28.1 Å². The topological polar surface area (TPSA) is 98.2 Å². The van der Waals surface area contributed by atoms with Crippen molar-refractivity contribution in [2.24, 2.45) is 11.5 Å². The summed E-state index contributed by atoms with van der Waals surface area (Å²) in [6.07, 6.45) is 0. The highest BCUT2D eigenvalue weighted by Crippen LogP contribution is 2.20. The Morgan fingerprint density at radius 2 is 1.83 bits per heavy atom. The van der Waals surface area contributed by atoms with Crippen molar-refractivity contribution in [3.8, 4) is 0 Å². The second-order valence-corrected chi connectivity index (χ2v) is 5.22. The Hall–Kier alpha value is -1.40. The van der Waals surface area contributed by atoms with Gasteiger partial charge in [0.05, 0.1) is 0 Å². The number of nitrogens with one attached hydrogen (secondary N) is 1. The van der Waals surface area contributed by atoms with Crippen LogP contribution in [0.5, 0.6) is 0 Å². The molecule has 2 amide bonds. The van der Waals surface area contributed by atoms with Gasteiger partial charge < -0.3 is 16.8 Å². The van der Waals surface area contributed by atoms with Crippen LogP contribution in [0.15, 0.2) is 28.7 Å². The number of amides is 2. The van der Waals surface area contributed by atoms with Crippen LogP contribution in [0.1, 0.15) is 19.4 Å². The predicted octanol–water partition coefficient (Wildman–Crippen LogP) is 0.613. The van der Waals surface area contributed by atoms with E-state index in [1.165, 1.54) is 6.92 Å². The van der Waals surface area contributed by atoms with Gasteiger partial charge in [0.1, 0.15) is 11.6 Å². The maximum atomic E-state index is 12.0. The molecule has 0 radical (unpaired) electrons. The molecule has 18 heavy (non-hydrogen) atoms. The first-order chi connectivity index (χ1) is 8.25. The molecule has 2 atom stereocenters. The number of hydrogen-bond acceptors (Lipinski definition) is 3. The summed E-state index contributed by atoms with van der Waals surface area (Å²) in [5.41, 5.74) is 10.5. The van der Waals surface area contributed by atoms with E-state index in [4.69, 9.17) is 11.5 Å². The number of halogens is 1. The SMILES string of the molecule is C[C@H](NC(=O)C(C)(N)c1ccc(Br)cc1)C(N)=O. The summed E-state index contributed by atoms with van der Waals surface area (Å²) in [6, 6.07) is 6.34. The summed E-state index contributed by atoms with van der Waals surface area (Å²) in [4.78, 5) is 22.9. The van der Waals surface area contributed by atoms with E-state index in [9.17, 15) is 9.59 Å². The normalized spacial score (nSPS) is 15.6. The Morgan fingerprint density at radius 1 is 1.33 bits per heavy atom. The van der Waals surface area contributed by atoms with E-state index in [0.29, 0.717) is 5.56 Å². The van der Waals surface area contributed by atoms with Gasteiger partial charge in [-0.05, 0) is 31.5 Å². The molecule has 0 fully saturated rings. The molecule has 0 saturated carbocycles. The Morgan fingerprint density at radius 3 is 2.28 bits per heavy atom. The number of rotatable bonds is 4. The van der Waals surface area contributed by atoms with Gasteiger partial charge in [-0.15, -0.1) is 0 Å². The summed E-state index contributed by atoms with van der Waals surface area (Å²) in [5.74, 6) is -1.05. The third kappa shape index (κ3) is 3.30. The molecule has 0 heterocycles. The van der Waals surface area contributed by atoms with Crippen molar-refractivity contribution >= 4 is 27.7 Å². The second kappa shape index (κ2) is 5.49. The lowest BCUT2D eigenvalue weighted by molar-refractivity contribution is -0.130. The summed E-state index contributed by atoms with van der Waals surface area (Å²) < 4.78 is 0.896. The molecule has 5 N–H and O–H groups in total. The van der Waals surface area contributed by atoms with Crippen LogP contribution in [-0.2, 0) is 15.1 Å². The second-order valence-electron chi connectivity index (χ2n) is 4.31. The fourth-order valence-corrected chi connectivity index (χ4v) is 1.61. The molecule has 1 aromatic rings. The third-order valence-electron chi connectivity index (χ3n) is 2.69. The first kappa shape index (κ1) is 14.7. The highest BCUT2D eigenvalue weighted by atomic mass is 79.9. The molecule has 5 nitrogen and oxygen atoms in total. The first-order valence-electron chi connectivity index (χ1n) is 5.40. The number of nitrogens with two attached hydrogens (primary N) is 2. The van der Waals surface area contributed by atoms with Gasteiger partial charge in [0.2, 0.25) is 11.8 Å². The van der Waals surface area contributed by atoms with Gasteiger partial charge in [0.15, 0.2) is 0 Å². The monoisotopic (exact) mass is 313 g/mol. The number of carbonyl (C=O) groups is 2. The first-order valence-corrected chi connectivity index (χ1v) is 6.19. The molecule has 0 bridgehead atoms. The average molecular weight is 314 g/mol. The minimum atomic E-state index is -1.22. The van der Waals surface area contributed by atoms with E-state index in [1.807, 2.05) is 0 Å². The molecule has 0 aliphatic rings. The van der Waals surface area contributed by atoms with Crippen molar-refractivity contribution in [3.05, 3.63) is 34.3 Å². The standard InChI is InChI=1S/C12H16BrN3O2/c1-7(10(14)17)16-11(18)12(2,15)8-3-5-9(13)6-4-8/h3-7H,15H2,1-2H3,(H2,14,17)(H,16,18)/t7-,12?/m0/s1. The van der Waals surface area contributed by atoms with Crippen LogP contribution < -0.4 is 16.8 Å². The molecular formula is C12H16BrN3O2. The molecule has 98 valence electrons. The average Bonchev–Trinajstić information content (AvgIpc) is 2.29. The Labute approximate surface area is 114 Å². The quantitative estimate of drug-likeness (QED) is 0.759. The van der Waals surface area contributed by atoms with Gasteiger partial charge in [-0.2, -0.15) is 0 Å². The van der Waals surface area contributed by atoms with Gasteiger partial charge in [0.25, 0.3) is 0 Å². The zero-order valence-electron chi connectivity index (χ0n) is 10.2. The number of hydrogen-bond donors (Lipinski definition) is 3. The van der Waals surface area contributed by atoms with Crippen LogP contribution in [0.3, 0.4) is 0 Å². The lowest BCUT2D eigenvalue weighted by Crippen LogP contribution is -2.54. The Balaban J connectivity index is 2.89. The maximum absolute atomic E-state index is 12.0. The van der Waals surface area contributed by atoms with E-state index >= 15 is 0 Å². The van der Waals surface area contributed by atoms with Crippen molar-refractivity contribution in [1.29, 1.82) is 0 Å². The highest BCUT2D eigenvalue weighted by molar-refractivity contribution is 9.10. The smallest absolute Gasteiger partial charge is 0.245 e. The summed E-state index contributed by atoms with van der Waals surface area (Å²) in [5, 5.41) is 2.48. The molecular weight excluding hydrogens is 298 g/mol. The molecule has 0 aliphatic heterocycles. The van der Waals surface area contributed by atoms with Gasteiger partial charge in [-0.25, -0.2) is 0 Å². The zero-order valence-corrected chi connectivity index (χ0v) is 11.8. The fourth-order valence-electron chi connectivity index (χ4n) is 1.34. The molecule has 1 rings (SSSR count). The van der Waals surface area contributed by atoms with Crippen LogP contribution in [0, 0.1) is 0 Å². The van der Waals surface area contributed by atoms with Crippen LogP contribution in [-0.4, -0.2) is 17.9 Å². The molecule has 1 aromatic carbocycles. The fraction of sp³-hybridized carbons (Fsp3) is 0.333. The van der Waals surface area contributed by atoms with E-state index in [-0.39, 0.29) is 0 Å². The number of primary amides is 1. The molecule has 0 spiro atoms. The third-order valence-corrected chi connectivity index (χ3v) is 3.22. The Kier molecular flexibility index (Phi) is 4.48. The zero-order chi connectivity index (χ0) is 13.9. The van der Waals surface area contributed by atoms with Crippen LogP contribution in [0.25, 0.3) is 0 Å². The number of benzene rings is 1. The summed E-state index contributed by atoms with van der Waals surface area (Å²) >= 11 is 3.31. The van der Waals surface area contributed by atoms with Crippen molar-refractivity contribution in [2.45, 2.75) is 25.4 Å². The lowest BCUT2D eigenvalue weighted by atomic mass is 9.92. The van der Waals surface area contributed by atoms with Gasteiger partial charge in [0, 0.05) is 4.47 Å². The van der Waals surface area contributed by atoms with Crippen LogP contribution in [0.2, 0.25) is 0 Å². The molecule has 6 heteroatoms.